The quantitative estimate of drug-likeness (QED) is 0.555. The average Bonchev–Trinajstić information content (AvgIpc) is 2.93. The summed E-state index contributed by atoms with van der Waals surface area (Å²) in [4.78, 5) is 17.0. The highest BCUT2D eigenvalue weighted by molar-refractivity contribution is 5.87. The van der Waals surface area contributed by atoms with Crippen LogP contribution >= 0.6 is 0 Å². The Morgan fingerprint density at radius 1 is 1.10 bits per heavy atom. The van der Waals surface area contributed by atoms with E-state index in [4.69, 9.17) is 4.74 Å². The molecule has 1 N–H and O–H groups in total. The van der Waals surface area contributed by atoms with Crippen molar-refractivity contribution in [2.45, 2.75) is 26.4 Å². The third-order valence-electron chi connectivity index (χ3n) is 5.91. The first-order chi connectivity index (χ1) is 15.1. The minimum atomic E-state index is -0.223. The van der Waals surface area contributed by atoms with Gasteiger partial charge in [-0.1, -0.05) is 12.1 Å². The highest BCUT2D eigenvalue weighted by Gasteiger charge is 2.17. The van der Waals surface area contributed by atoms with Crippen molar-refractivity contribution < 1.29 is 4.74 Å². The molecule has 0 bridgehead atoms. The van der Waals surface area contributed by atoms with Crippen LogP contribution in [0.2, 0.25) is 0 Å². The molecule has 0 radical (unpaired) electrons. The van der Waals surface area contributed by atoms with Gasteiger partial charge in [-0.3, -0.25) is 9.78 Å². The van der Waals surface area contributed by atoms with Crippen LogP contribution in [0.3, 0.4) is 0 Å². The van der Waals surface area contributed by atoms with Crippen LogP contribution in [0.5, 0.6) is 5.75 Å². The first-order valence-electron chi connectivity index (χ1n) is 10.5. The fourth-order valence-electron chi connectivity index (χ4n) is 4.25. The average molecular weight is 415 g/mol. The first-order valence-corrected chi connectivity index (χ1v) is 10.5. The molecule has 7 nitrogen and oxygen atoms in total. The molecule has 0 amide bonds. The van der Waals surface area contributed by atoms with Crippen molar-refractivity contribution in [1.82, 2.24) is 24.6 Å². The molecule has 1 aromatic carbocycles. The lowest BCUT2D eigenvalue weighted by atomic mass is 10.1. The van der Waals surface area contributed by atoms with E-state index in [1.165, 1.54) is 27.4 Å². The zero-order chi connectivity index (χ0) is 21.4. The molecule has 31 heavy (non-hydrogen) atoms. The predicted molar refractivity (Wildman–Crippen MR) is 120 cm³/mol. The number of fused-ring (bicyclic) bond motifs is 3. The lowest BCUT2D eigenvalue weighted by Gasteiger charge is -2.09. The molecule has 0 saturated heterocycles. The molecular formula is C24H25N5O2. The standard InChI is InChI=1S/C24H25N5O2/c1-16-3-4-17(13-26-16)15-31-19-12-24(30)29(27-14-19)18-5-6-20-21-7-9-25-10-8-22(21)28(2)23(20)11-18/h3-6,11-14,25H,7-10,15H2,1-2H3. The molecule has 0 atom stereocenters. The van der Waals surface area contributed by atoms with E-state index in [-0.39, 0.29) is 5.56 Å². The van der Waals surface area contributed by atoms with Crippen LogP contribution in [0.15, 0.2) is 53.6 Å². The molecule has 5 rings (SSSR count). The predicted octanol–water partition coefficient (Wildman–Crippen LogP) is 2.69. The molecule has 3 aromatic heterocycles. The van der Waals surface area contributed by atoms with E-state index in [9.17, 15) is 4.79 Å². The highest BCUT2D eigenvalue weighted by Crippen LogP contribution is 2.28. The Balaban J connectivity index is 1.42. The number of aromatic nitrogens is 4. The second kappa shape index (κ2) is 8.00. The number of hydrogen-bond acceptors (Lipinski definition) is 5. The lowest BCUT2D eigenvalue weighted by Crippen LogP contribution is -2.20. The van der Waals surface area contributed by atoms with E-state index in [1.54, 1.807) is 12.4 Å². The number of pyridine rings is 1. The number of hydrogen-bond donors (Lipinski definition) is 1. The van der Waals surface area contributed by atoms with Crippen LogP contribution in [0, 0.1) is 6.92 Å². The molecule has 4 aromatic rings. The number of benzene rings is 1. The maximum Gasteiger partial charge on any atom is 0.275 e. The molecule has 1 aliphatic heterocycles. The van der Waals surface area contributed by atoms with E-state index in [1.807, 2.05) is 31.2 Å². The zero-order valence-electron chi connectivity index (χ0n) is 17.8. The Morgan fingerprint density at radius 3 is 2.77 bits per heavy atom. The second-order valence-corrected chi connectivity index (χ2v) is 7.97. The number of ether oxygens (including phenoxy) is 1. The van der Waals surface area contributed by atoms with Crippen molar-refractivity contribution in [3.05, 3.63) is 81.7 Å². The first kappa shape index (κ1) is 19.5. The van der Waals surface area contributed by atoms with Crippen molar-refractivity contribution in [3.63, 3.8) is 0 Å². The summed E-state index contributed by atoms with van der Waals surface area (Å²) in [5.74, 6) is 0.445. The van der Waals surface area contributed by atoms with Crippen LogP contribution in [-0.2, 0) is 26.5 Å². The Bertz CT molecular complexity index is 1300. The van der Waals surface area contributed by atoms with Crippen LogP contribution in [0.25, 0.3) is 16.6 Å². The molecule has 7 heteroatoms. The van der Waals surface area contributed by atoms with Gasteiger partial charge >= 0.3 is 0 Å². The Hall–Kier alpha value is -3.45. The summed E-state index contributed by atoms with van der Waals surface area (Å²) in [6.45, 7) is 4.27. The van der Waals surface area contributed by atoms with E-state index in [0.717, 1.165) is 48.4 Å². The SMILES string of the molecule is Cc1ccc(COc2cnn(-c3ccc4c5c(n(C)c4c3)CCNCC5)c(=O)c2)cn1. The summed E-state index contributed by atoms with van der Waals surface area (Å²) < 4.78 is 9.40. The smallest absolute Gasteiger partial charge is 0.275 e. The van der Waals surface area contributed by atoms with Gasteiger partial charge in [0.15, 0.2) is 0 Å². The van der Waals surface area contributed by atoms with E-state index >= 15 is 0 Å². The molecule has 1 aliphatic rings. The summed E-state index contributed by atoms with van der Waals surface area (Å²) in [5.41, 5.74) is 6.33. The van der Waals surface area contributed by atoms with Crippen molar-refractivity contribution >= 4 is 10.9 Å². The van der Waals surface area contributed by atoms with Gasteiger partial charge in [0, 0.05) is 54.6 Å². The molecule has 0 aliphatic carbocycles. The largest absolute Gasteiger partial charge is 0.487 e. The van der Waals surface area contributed by atoms with Crippen LogP contribution in [0.4, 0.5) is 0 Å². The molecule has 0 saturated carbocycles. The summed E-state index contributed by atoms with van der Waals surface area (Å²) in [6, 6.07) is 11.5. The summed E-state index contributed by atoms with van der Waals surface area (Å²) >= 11 is 0. The van der Waals surface area contributed by atoms with Gasteiger partial charge in [0.2, 0.25) is 0 Å². The summed E-state index contributed by atoms with van der Waals surface area (Å²) in [7, 11) is 2.10. The number of nitrogens with one attached hydrogen (secondary N) is 1. The van der Waals surface area contributed by atoms with Gasteiger partial charge in [0.25, 0.3) is 5.56 Å². The minimum Gasteiger partial charge on any atom is -0.487 e. The van der Waals surface area contributed by atoms with Crippen LogP contribution in [-0.4, -0.2) is 32.4 Å². The third-order valence-corrected chi connectivity index (χ3v) is 5.91. The minimum absolute atomic E-state index is 0.223. The highest BCUT2D eigenvalue weighted by atomic mass is 16.5. The maximum atomic E-state index is 12.8. The Labute approximate surface area is 180 Å². The van der Waals surface area contributed by atoms with Crippen molar-refractivity contribution in [1.29, 1.82) is 0 Å². The Morgan fingerprint density at radius 2 is 1.97 bits per heavy atom. The van der Waals surface area contributed by atoms with Crippen molar-refractivity contribution in [2.24, 2.45) is 7.05 Å². The van der Waals surface area contributed by atoms with Gasteiger partial charge in [-0.25, -0.2) is 0 Å². The number of aryl methyl sites for hydroxylation is 2. The van der Waals surface area contributed by atoms with Gasteiger partial charge in [-0.15, -0.1) is 0 Å². The van der Waals surface area contributed by atoms with E-state index in [2.05, 4.69) is 33.1 Å². The fraction of sp³-hybridized carbons (Fsp3) is 0.292. The molecule has 158 valence electrons. The lowest BCUT2D eigenvalue weighted by molar-refractivity contribution is 0.302. The third kappa shape index (κ3) is 3.72. The molecule has 4 heterocycles. The van der Waals surface area contributed by atoms with E-state index < -0.39 is 0 Å². The number of rotatable bonds is 4. The van der Waals surface area contributed by atoms with Crippen molar-refractivity contribution in [2.75, 3.05) is 13.1 Å². The molecule has 0 fully saturated rings. The van der Waals surface area contributed by atoms with Crippen molar-refractivity contribution in [3.8, 4) is 11.4 Å². The van der Waals surface area contributed by atoms with Gasteiger partial charge in [-0.2, -0.15) is 9.78 Å². The van der Waals surface area contributed by atoms with Crippen LogP contribution in [0.1, 0.15) is 22.5 Å². The van der Waals surface area contributed by atoms with Crippen LogP contribution < -0.4 is 15.6 Å². The monoisotopic (exact) mass is 415 g/mol. The second-order valence-electron chi connectivity index (χ2n) is 7.97. The van der Waals surface area contributed by atoms with E-state index in [0.29, 0.717) is 12.4 Å². The molecule has 0 unspecified atom stereocenters. The summed E-state index contributed by atoms with van der Waals surface area (Å²) in [5, 5.41) is 9.07. The molecular weight excluding hydrogens is 390 g/mol. The zero-order valence-corrected chi connectivity index (χ0v) is 17.8. The molecule has 0 spiro atoms. The number of nitrogens with zero attached hydrogens (tertiary/aromatic N) is 4. The maximum absolute atomic E-state index is 12.8. The fourth-order valence-corrected chi connectivity index (χ4v) is 4.25. The Kier molecular flexibility index (Phi) is 5.03. The summed E-state index contributed by atoms with van der Waals surface area (Å²) in [6.07, 6.45) is 5.39. The van der Waals surface area contributed by atoms with Gasteiger partial charge in [0.1, 0.15) is 12.4 Å². The van der Waals surface area contributed by atoms with Gasteiger partial charge in [0.05, 0.1) is 17.4 Å². The van der Waals surface area contributed by atoms with Gasteiger partial charge < -0.3 is 14.6 Å². The van der Waals surface area contributed by atoms with Gasteiger partial charge in [-0.05, 0) is 43.7 Å². The normalized spacial score (nSPS) is 13.7. The topological polar surface area (TPSA) is 74.0 Å².